The standard InChI is InChI=1S/C10H19N3O/c1-4-11-8(3)9-6-12-10(14)5-7(2)13-9/h8-9,11H,4-6H2,1-3H3,(H,12,14). The molecule has 0 aromatic carbocycles. The Morgan fingerprint density at radius 3 is 3.07 bits per heavy atom. The molecule has 1 aliphatic heterocycles. The van der Waals surface area contributed by atoms with Gasteiger partial charge in [0.1, 0.15) is 0 Å². The number of carbonyl (C=O) groups is 1. The van der Waals surface area contributed by atoms with Gasteiger partial charge >= 0.3 is 0 Å². The number of hydrogen-bond acceptors (Lipinski definition) is 3. The fourth-order valence-corrected chi connectivity index (χ4v) is 1.63. The van der Waals surface area contributed by atoms with Crippen LogP contribution in [-0.4, -0.2) is 36.8 Å². The quantitative estimate of drug-likeness (QED) is 0.685. The Hall–Kier alpha value is -0.900. The summed E-state index contributed by atoms with van der Waals surface area (Å²) in [5.74, 6) is 0.0810. The number of nitrogens with zero attached hydrogens (tertiary/aromatic N) is 1. The van der Waals surface area contributed by atoms with E-state index in [0.29, 0.717) is 19.0 Å². The van der Waals surface area contributed by atoms with Crippen molar-refractivity contribution in [2.45, 2.75) is 39.3 Å². The third-order valence-electron chi connectivity index (χ3n) is 2.41. The molecule has 0 saturated heterocycles. The van der Waals surface area contributed by atoms with Gasteiger partial charge in [-0.1, -0.05) is 6.92 Å². The van der Waals surface area contributed by atoms with Crippen LogP contribution in [0, 0.1) is 0 Å². The Morgan fingerprint density at radius 2 is 2.43 bits per heavy atom. The molecule has 1 amide bonds. The van der Waals surface area contributed by atoms with Gasteiger partial charge in [-0.05, 0) is 20.4 Å². The summed E-state index contributed by atoms with van der Waals surface area (Å²) in [6.07, 6.45) is 0.440. The molecule has 2 N–H and O–H groups in total. The van der Waals surface area contributed by atoms with E-state index in [9.17, 15) is 4.79 Å². The first-order valence-corrected chi connectivity index (χ1v) is 5.16. The minimum atomic E-state index is 0.0810. The molecule has 0 radical (unpaired) electrons. The summed E-state index contributed by atoms with van der Waals surface area (Å²) in [4.78, 5) is 15.7. The zero-order chi connectivity index (χ0) is 10.6. The van der Waals surface area contributed by atoms with Crippen LogP contribution in [0.25, 0.3) is 0 Å². The van der Waals surface area contributed by atoms with Crippen LogP contribution < -0.4 is 10.6 Å². The molecule has 2 atom stereocenters. The van der Waals surface area contributed by atoms with Crippen molar-refractivity contribution in [1.29, 1.82) is 0 Å². The fourth-order valence-electron chi connectivity index (χ4n) is 1.63. The zero-order valence-corrected chi connectivity index (χ0v) is 9.13. The van der Waals surface area contributed by atoms with Crippen molar-refractivity contribution in [3.8, 4) is 0 Å². The molecule has 0 aromatic rings. The molecule has 0 bridgehead atoms. The molecule has 0 aliphatic carbocycles. The van der Waals surface area contributed by atoms with E-state index in [0.717, 1.165) is 12.3 Å². The Balaban J connectivity index is 2.60. The Morgan fingerprint density at radius 1 is 1.71 bits per heavy atom. The van der Waals surface area contributed by atoms with E-state index >= 15 is 0 Å². The predicted octanol–water partition coefficient (Wildman–Crippen LogP) is 0.334. The number of carbonyl (C=O) groups excluding carboxylic acids is 1. The van der Waals surface area contributed by atoms with E-state index in [1.807, 2.05) is 6.92 Å². The highest BCUT2D eigenvalue weighted by molar-refractivity contribution is 6.00. The second-order valence-electron chi connectivity index (χ2n) is 3.76. The van der Waals surface area contributed by atoms with Crippen LogP contribution >= 0.6 is 0 Å². The normalized spacial score (nSPS) is 24.9. The van der Waals surface area contributed by atoms with E-state index in [4.69, 9.17) is 0 Å². The lowest BCUT2D eigenvalue weighted by atomic mass is 10.1. The number of likely N-dealkylation sites (N-methyl/N-ethyl adjacent to an activating group) is 1. The molecule has 2 unspecified atom stereocenters. The van der Waals surface area contributed by atoms with Crippen molar-refractivity contribution in [3.05, 3.63) is 0 Å². The summed E-state index contributed by atoms with van der Waals surface area (Å²) in [5.41, 5.74) is 0.926. The van der Waals surface area contributed by atoms with Gasteiger partial charge in [0.2, 0.25) is 5.91 Å². The third-order valence-corrected chi connectivity index (χ3v) is 2.41. The summed E-state index contributed by atoms with van der Waals surface area (Å²) < 4.78 is 0. The Bertz CT molecular complexity index is 238. The Kier molecular flexibility index (Phi) is 4.07. The van der Waals surface area contributed by atoms with Crippen LogP contribution in [0.1, 0.15) is 27.2 Å². The molecule has 1 heterocycles. The maximum atomic E-state index is 11.2. The molecular weight excluding hydrogens is 178 g/mol. The number of aliphatic imine (C=N–C) groups is 1. The van der Waals surface area contributed by atoms with E-state index in [2.05, 4.69) is 29.5 Å². The smallest absolute Gasteiger partial charge is 0.225 e. The molecule has 14 heavy (non-hydrogen) atoms. The minimum Gasteiger partial charge on any atom is -0.354 e. The third kappa shape index (κ3) is 3.10. The highest BCUT2D eigenvalue weighted by Gasteiger charge is 2.19. The van der Waals surface area contributed by atoms with Crippen molar-refractivity contribution in [1.82, 2.24) is 10.6 Å². The van der Waals surface area contributed by atoms with Crippen LogP contribution in [0.2, 0.25) is 0 Å². The number of rotatable bonds is 3. The first kappa shape index (κ1) is 11.2. The van der Waals surface area contributed by atoms with Crippen molar-refractivity contribution in [2.75, 3.05) is 13.1 Å². The summed E-state index contributed by atoms with van der Waals surface area (Å²) in [6, 6.07) is 0.481. The highest BCUT2D eigenvalue weighted by atomic mass is 16.1. The minimum absolute atomic E-state index is 0.0810. The number of nitrogens with one attached hydrogen (secondary N) is 2. The predicted molar refractivity (Wildman–Crippen MR) is 57.7 cm³/mol. The first-order valence-electron chi connectivity index (χ1n) is 5.16. The fraction of sp³-hybridized carbons (Fsp3) is 0.800. The largest absolute Gasteiger partial charge is 0.354 e. The van der Waals surface area contributed by atoms with Crippen LogP contribution in [0.15, 0.2) is 4.99 Å². The molecule has 0 saturated carbocycles. The van der Waals surface area contributed by atoms with Gasteiger partial charge in [0.15, 0.2) is 0 Å². The zero-order valence-electron chi connectivity index (χ0n) is 9.13. The highest BCUT2D eigenvalue weighted by Crippen LogP contribution is 2.04. The van der Waals surface area contributed by atoms with Gasteiger partial charge in [0, 0.05) is 18.3 Å². The van der Waals surface area contributed by atoms with Crippen molar-refractivity contribution in [2.24, 2.45) is 4.99 Å². The van der Waals surface area contributed by atoms with Crippen LogP contribution in [0.4, 0.5) is 0 Å². The van der Waals surface area contributed by atoms with E-state index in [1.54, 1.807) is 0 Å². The summed E-state index contributed by atoms with van der Waals surface area (Å²) >= 11 is 0. The van der Waals surface area contributed by atoms with Gasteiger partial charge in [-0.15, -0.1) is 0 Å². The molecule has 1 aliphatic rings. The summed E-state index contributed by atoms with van der Waals surface area (Å²) in [5, 5.41) is 6.19. The van der Waals surface area contributed by atoms with Crippen molar-refractivity contribution < 1.29 is 4.79 Å². The van der Waals surface area contributed by atoms with Crippen LogP contribution in [0.5, 0.6) is 0 Å². The second-order valence-corrected chi connectivity index (χ2v) is 3.76. The molecular formula is C10H19N3O. The number of amides is 1. The maximum absolute atomic E-state index is 11.2. The molecule has 1 rings (SSSR count). The van der Waals surface area contributed by atoms with E-state index in [-0.39, 0.29) is 11.9 Å². The van der Waals surface area contributed by atoms with Gasteiger partial charge in [-0.25, -0.2) is 0 Å². The average Bonchev–Trinajstić information content (AvgIpc) is 2.27. The monoisotopic (exact) mass is 197 g/mol. The Labute approximate surface area is 85.2 Å². The average molecular weight is 197 g/mol. The van der Waals surface area contributed by atoms with Crippen LogP contribution in [-0.2, 0) is 4.79 Å². The molecule has 0 fully saturated rings. The summed E-state index contributed by atoms with van der Waals surface area (Å²) in [6.45, 7) is 7.66. The lowest BCUT2D eigenvalue weighted by molar-refractivity contribution is -0.119. The van der Waals surface area contributed by atoms with E-state index in [1.165, 1.54) is 0 Å². The van der Waals surface area contributed by atoms with Gasteiger partial charge in [-0.2, -0.15) is 0 Å². The lowest BCUT2D eigenvalue weighted by Gasteiger charge is -2.20. The van der Waals surface area contributed by atoms with E-state index < -0.39 is 0 Å². The van der Waals surface area contributed by atoms with Gasteiger partial charge < -0.3 is 10.6 Å². The molecule has 0 aromatic heterocycles. The summed E-state index contributed by atoms with van der Waals surface area (Å²) in [7, 11) is 0. The molecule has 0 spiro atoms. The molecule has 80 valence electrons. The number of hydrogen-bond donors (Lipinski definition) is 2. The second kappa shape index (κ2) is 5.10. The van der Waals surface area contributed by atoms with Gasteiger partial charge in [0.25, 0.3) is 0 Å². The lowest BCUT2D eigenvalue weighted by Crippen LogP contribution is -2.42. The SMILES string of the molecule is CCNC(C)C1CNC(=O)CC(C)=N1. The first-order chi connectivity index (χ1) is 6.63. The molecule has 4 heteroatoms. The van der Waals surface area contributed by atoms with Crippen molar-refractivity contribution >= 4 is 11.6 Å². The topological polar surface area (TPSA) is 53.5 Å². The maximum Gasteiger partial charge on any atom is 0.225 e. The molecule has 4 nitrogen and oxygen atoms in total. The van der Waals surface area contributed by atoms with Gasteiger partial charge in [-0.3, -0.25) is 9.79 Å². The van der Waals surface area contributed by atoms with Crippen molar-refractivity contribution in [3.63, 3.8) is 0 Å². The van der Waals surface area contributed by atoms with Crippen LogP contribution in [0.3, 0.4) is 0 Å². The van der Waals surface area contributed by atoms with Gasteiger partial charge in [0.05, 0.1) is 12.5 Å².